The van der Waals surface area contributed by atoms with E-state index >= 15 is 0 Å². The van der Waals surface area contributed by atoms with Crippen molar-refractivity contribution in [2.45, 2.75) is 26.2 Å². The molecule has 0 amide bonds. The summed E-state index contributed by atoms with van der Waals surface area (Å²) in [5.74, 6) is 0. The quantitative estimate of drug-likeness (QED) is 0.166. The monoisotopic (exact) mass is 783 g/mol. The molecule has 292 valence electrons. The Bertz CT molecular complexity index is 2830. The van der Waals surface area contributed by atoms with Gasteiger partial charge in [-0.2, -0.15) is 0 Å². The highest BCUT2D eigenvalue weighted by Gasteiger charge is 2.41. The summed E-state index contributed by atoms with van der Waals surface area (Å²) in [6, 6.07) is 79.9. The third kappa shape index (κ3) is 6.38. The predicted octanol–water partition coefficient (Wildman–Crippen LogP) is 16.7. The fourth-order valence-electron chi connectivity index (χ4n) is 9.06. The molecule has 0 aliphatic carbocycles. The minimum Gasteiger partial charge on any atom is -0.306 e. The molecule has 0 radical (unpaired) electrons. The number of hydrogen-bond donors (Lipinski definition) is 0. The van der Waals surface area contributed by atoms with Crippen molar-refractivity contribution in [1.82, 2.24) is 0 Å². The van der Waals surface area contributed by atoms with Crippen molar-refractivity contribution in [3.05, 3.63) is 224 Å². The van der Waals surface area contributed by atoms with E-state index in [1.165, 1.54) is 50.1 Å². The first-order valence-electron chi connectivity index (χ1n) is 21.2. The van der Waals surface area contributed by atoms with Crippen LogP contribution in [-0.2, 0) is 5.41 Å². The average molecular weight is 784 g/mol. The lowest BCUT2D eigenvalue weighted by atomic mass is 9.84. The molecule has 2 heterocycles. The fourth-order valence-corrected chi connectivity index (χ4v) is 9.06. The Morgan fingerprint density at radius 3 is 0.918 bits per heavy atom. The van der Waals surface area contributed by atoms with Crippen molar-refractivity contribution < 1.29 is 0 Å². The summed E-state index contributed by atoms with van der Waals surface area (Å²) in [7, 11) is 0. The lowest BCUT2D eigenvalue weighted by Gasteiger charge is -2.48. The van der Waals surface area contributed by atoms with Crippen molar-refractivity contribution in [2.24, 2.45) is 0 Å². The Kier molecular flexibility index (Phi) is 8.72. The van der Waals surface area contributed by atoms with Gasteiger partial charge in [0.25, 0.3) is 0 Å². The van der Waals surface area contributed by atoms with Gasteiger partial charge in [0.1, 0.15) is 0 Å². The van der Waals surface area contributed by atoms with Crippen LogP contribution in [0.3, 0.4) is 0 Å². The molecular weight excluding hydrogens is 739 g/mol. The van der Waals surface area contributed by atoms with E-state index in [1.807, 2.05) is 0 Å². The molecular formula is C58H45N3. The largest absolute Gasteiger partial charge is 0.306 e. The molecule has 0 saturated carbocycles. The molecule has 0 atom stereocenters. The van der Waals surface area contributed by atoms with Gasteiger partial charge in [-0.25, -0.2) is 0 Å². The second-order valence-electron chi connectivity index (χ2n) is 17.1. The number of anilines is 9. The maximum absolute atomic E-state index is 2.55. The number of rotatable bonds is 6. The van der Waals surface area contributed by atoms with E-state index in [0.29, 0.717) is 0 Å². The standard InChI is InChI=1S/C58H45N3/c1-58(2,3)48-38-55-57-56(39-48)60(50-32-26-45(27-33-50)41-18-10-5-11-19-41)52-35-29-47(43-22-14-7-15-23-43)37-54(52)61(57)53-36-46(42-20-12-6-13-21-42)28-34-51(53)59(55)49-30-24-44(25-31-49)40-16-8-4-9-17-40/h4-39H,1-3H3. The summed E-state index contributed by atoms with van der Waals surface area (Å²) >= 11 is 0. The molecule has 0 aromatic heterocycles. The van der Waals surface area contributed by atoms with Gasteiger partial charge >= 0.3 is 0 Å². The van der Waals surface area contributed by atoms with Gasteiger partial charge in [-0.3, -0.25) is 0 Å². The van der Waals surface area contributed by atoms with Crippen LogP contribution in [0, 0.1) is 0 Å². The normalized spacial score (nSPS) is 12.7. The number of fused-ring (bicyclic) bond motifs is 4. The fraction of sp³-hybridized carbons (Fsp3) is 0.0690. The summed E-state index contributed by atoms with van der Waals surface area (Å²) in [6.07, 6.45) is 0. The van der Waals surface area contributed by atoms with Crippen molar-refractivity contribution in [3.8, 4) is 44.5 Å². The number of nitrogens with zero attached hydrogens (tertiary/aromatic N) is 3. The molecule has 0 saturated heterocycles. The number of benzene rings is 9. The van der Waals surface area contributed by atoms with E-state index in [4.69, 9.17) is 0 Å². The van der Waals surface area contributed by atoms with Crippen molar-refractivity contribution in [1.29, 1.82) is 0 Å². The Labute approximate surface area is 359 Å². The summed E-state index contributed by atoms with van der Waals surface area (Å²) in [4.78, 5) is 7.53. The highest BCUT2D eigenvalue weighted by molar-refractivity contribution is 6.13. The van der Waals surface area contributed by atoms with Gasteiger partial charge < -0.3 is 14.7 Å². The van der Waals surface area contributed by atoms with Crippen LogP contribution in [0.2, 0.25) is 0 Å². The molecule has 0 bridgehead atoms. The third-order valence-electron chi connectivity index (χ3n) is 12.2. The Balaban J connectivity index is 1.20. The van der Waals surface area contributed by atoms with E-state index in [9.17, 15) is 0 Å². The lowest BCUT2D eigenvalue weighted by Crippen LogP contribution is -2.31. The zero-order valence-corrected chi connectivity index (χ0v) is 34.6. The van der Waals surface area contributed by atoms with Crippen LogP contribution in [-0.4, -0.2) is 0 Å². The Morgan fingerprint density at radius 1 is 0.262 bits per heavy atom. The van der Waals surface area contributed by atoms with E-state index < -0.39 is 0 Å². The van der Waals surface area contributed by atoms with E-state index in [2.05, 4.69) is 254 Å². The van der Waals surface area contributed by atoms with Gasteiger partial charge in [0.2, 0.25) is 0 Å². The zero-order chi connectivity index (χ0) is 41.1. The third-order valence-corrected chi connectivity index (χ3v) is 12.2. The second-order valence-corrected chi connectivity index (χ2v) is 17.1. The predicted molar refractivity (Wildman–Crippen MR) is 258 cm³/mol. The topological polar surface area (TPSA) is 9.72 Å². The maximum Gasteiger partial charge on any atom is 0.0948 e. The van der Waals surface area contributed by atoms with Crippen LogP contribution >= 0.6 is 0 Å². The molecule has 11 rings (SSSR count). The van der Waals surface area contributed by atoms with Crippen molar-refractivity contribution >= 4 is 51.2 Å². The molecule has 2 aliphatic heterocycles. The highest BCUT2D eigenvalue weighted by atomic mass is 15.3. The molecule has 0 fully saturated rings. The van der Waals surface area contributed by atoms with Crippen LogP contribution in [0.15, 0.2) is 218 Å². The molecule has 0 spiro atoms. The van der Waals surface area contributed by atoms with Crippen LogP contribution in [0.4, 0.5) is 51.2 Å². The summed E-state index contributed by atoms with van der Waals surface area (Å²) in [5.41, 5.74) is 20.9. The van der Waals surface area contributed by atoms with Crippen molar-refractivity contribution in [3.63, 3.8) is 0 Å². The van der Waals surface area contributed by atoms with Crippen LogP contribution in [0.5, 0.6) is 0 Å². The van der Waals surface area contributed by atoms with Crippen molar-refractivity contribution in [2.75, 3.05) is 14.7 Å². The molecule has 2 aliphatic rings. The minimum atomic E-state index is -0.128. The van der Waals surface area contributed by atoms with Gasteiger partial charge in [-0.05, 0) is 116 Å². The van der Waals surface area contributed by atoms with Crippen LogP contribution in [0.25, 0.3) is 44.5 Å². The molecule has 61 heavy (non-hydrogen) atoms. The van der Waals surface area contributed by atoms with Gasteiger partial charge in [0, 0.05) is 11.4 Å². The Hall–Kier alpha value is -7.62. The highest BCUT2D eigenvalue weighted by Crippen LogP contribution is 2.64. The Morgan fingerprint density at radius 2 is 0.574 bits per heavy atom. The van der Waals surface area contributed by atoms with Gasteiger partial charge in [-0.1, -0.05) is 178 Å². The summed E-state index contributed by atoms with van der Waals surface area (Å²) in [5, 5.41) is 0. The maximum atomic E-state index is 2.55. The van der Waals surface area contributed by atoms with Gasteiger partial charge in [0.05, 0.1) is 39.8 Å². The molecule has 3 nitrogen and oxygen atoms in total. The van der Waals surface area contributed by atoms with Crippen LogP contribution in [0.1, 0.15) is 26.3 Å². The smallest absolute Gasteiger partial charge is 0.0948 e. The van der Waals surface area contributed by atoms with E-state index in [0.717, 1.165) is 51.2 Å². The average Bonchev–Trinajstić information content (AvgIpc) is 3.32. The SMILES string of the molecule is CC(C)(C)c1cc2c3c(c1)N(c1ccc(-c4ccccc4)cc1)c1ccc(-c4ccccc4)cc1N3c1cc(-c3ccccc3)ccc1N2c1ccc(-c2ccccc2)cc1. The molecule has 9 aromatic carbocycles. The van der Waals surface area contributed by atoms with Crippen LogP contribution < -0.4 is 14.7 Å². The lowest BCUT2D eigenvalue weighted by molar-refractivity contribution is 0.590. The summed E-state index contributed by atoms with van der Waals surface area (Å²) < 4.78 is 0. The number of hydrogen-bond acceptors (Lipinski definition) is 3. The zero-order valence-electron chi connectivity index (χ0n) is 34.6. The summed E-state index contributed by atoms with van der Waals surface area (Å²) in [6.45, 7) is 6.97. The molecule has 3 heteroatoms. The van der Waals surface area contributed by atoms with Gasteiger partial charge in [0.15, 0.2) is 0 Å². The molecule has 0 N–H and O–H groups in total. The minimum absolute atomic E-state index is 0.128. The van der Waals surface area contributed by atoms with E-state index in [1.54, 1.807) is 0 Å². The molecule has 0 unspecified atom stereocenters. The van der Waals surface area contributed by atoms with E-state index in [-0.39, 0.29) is 5.41 Å². The van der Waals surface area contributed by atoms with Gasteiger partial charge in [-0.15, -0.1) is 0 Å². The first-order valence-corrected chi connectivity index (χ1v) is 21.2. The first-order chi connectivity index (χ1) is 29.9. The second kappa shape index (κ2) is 14.6. The molecule has 9 aromatic rings. The first kappa shape index (κ1) is 36.5.